The molecule has 23 nitrogen and oxygen atoms in total. The van der Waals surface area contributed by atoms with Crippen molar-refractivity contribution >= 4 is 41.2 Å². The standard InChI is InChI=1S/C67H109N3O20/c1-12-83-30-26-68-59(72)25-29-84-32-34-86-36-37-87-35-33-85-31-27-69-66(78)89-55-24-22-51(41-58(55)81-10)40-47(5)57-43-54(71)46(4)39-49(7)61(74)62(82-11)60(73)48(6)38-44(2)18-14-13-15-19-45(3)56(80-9)42-52-23-21-50(8)67(79,90-52)63(75)64(76)70-28-17-16-20-53(70)65(77)88-57/h13-15,18-19,39,44,46-48,50-53,55-58,61-62,74,79H,12,16-17,20-38,40-43H2,1-11H3,(H,68,72)(H,69,78)/b15-13+,18-14+,45-19+,49-39+/t44-,46-,47-,48-,50-,51+,52+,53+,55-,56+,57+,58-,61-,62+,67-/m1/s1. The Morgan fingerprint density at radius 1 is 0.744 bits per heavy atom. The molecule has 15 atom stereocenters. The van der Waals surface area contributed by atoms with Crippen LogP contribution < -0.4 is 10.6 Å². The van der Waals surface area contributed by atoms with Gasteiger partial charge in [-0.05, 0) is 114 Å². The maximum absolute atomic E-state index is 14.7. The van der Waals surface area contributed by atoms with Gasteiger partial charge in [0, 0.05) is 84.6 Å². The van der Waals surface area contributed by atoms with Crippen LogP contribution in [0.2, 0.25) is 0 Å². The van der Waals surface area contributed by atoms with E-state index in [2.05, 4.69) is 10.6 Å². The number of hydrogen-bond acceptors (Lipinski definition) is 20. The summed E-state index contributed by atoms with van der Waals surface area (Å²) in [4.78, 5) is 97.7. The van der Waals surface area contributed by atoms with Crippen LogP contribution in [-0.2, 0) is 80.9 Å². The highest BCUT2D eigenvalue weighted by Crippen LogP contribution is 2.38. The van der Waals surface area contributed by atoms with Crippen molar-refractivity contribution in [3.05, 3.63) is 47.6 Å². The Morgan fingerprint density at radius 3 is 2.08 bits per heavy atom. The van der Waals surface area contributed by atoms with Crippen LogP contribution >= 0.6 is 0 Å². The first kappa shape index (κ1) is 77.7. The van der Waals surface area contributed by atoms with Crippen LogP contribution in [0, 0.1) is 35.5 Å². The van der Waals surface area contributed by atoms with Gasteiger partial charge in [-0.3, -0.25) is 24.0 Å². The number of hydrogen-bond donors (Lipinski definition) is 4. The van der Waals surface area contributed by atoms with E-state index in [-0.39, 0.29) is 74.7 Å². The average Bonchev–Trinajstić information content (AvgIpc) is 0.803. The number of carbonyl (C=O) groups excluding carboxylic acids is 7. The van der Waals surface area contributed by atoms with Gasteiger partial charge >= 0.3 is 12.1 Å². The van der Waals surface area contributed by atoms with Crippen LogP contribution in [-0.4, -0.2) is 218 Å². The quantitative estimate of drug-likeness (QED) is 0.0310. The number of cyclic esters (lactones) is 1. The molecule has 1 saturated carbocycles. The number of methoxy groups -OCH3 is 3. The van der Waals surface area contributed by atoms with E-state index in [9.17, 15) is 43.8 Å². The molecule has 0 unspecified atom stereocenters. The van der Waals surface area contributed by atoms with Crippen molar-refractivity contribution in [2.24, 2.45) is 35.5 Å². The molecular formula is C67H109N3O20. The van der Waals surface area contributed by atoms with Gasteiger partial charge in [0.05, 0.1) is 77.8 Å². The number of ketones is 3. The summed E-state index contributed by atoms with van der Waals surface area (Å²) in [5.41, 5.74) is 1.22. The topological polar surface area (TPSA) is 289 Å². The first-order valence-electron chi connectivity index (χ1n) is 32.7. The number of ether oxygens (including phenoxy) is 11. The van der Waals surface area contributed by atoms with Crippen LogP contribution in [0.15, 0.2) is 47.6 Å². The second-order valence-electron chi connectivity index (χ2n) is 24.6. The molecule has 90 heavy (non-hydrogen) atoms. The lowest BCUT2D eigenvalue weighted by Crippen LogP contribution is -2.61. The number of aliphatic hydroxyl groups excluding tert-OH is 1. The van der Waals surface area contributed by atoms with E-state index in [1.807, 2.05) is 58.1 Å². The molecule has 0 aromatic carbocycles. The molecular weight excluding hydrogens is 1170 g/mol. The van der Waals surface area contributed by atoms with Crippen LogP contribution in [0.5, 0.6) is 0 Å². The van der Waals surface area contributed by atoms with Crippen molar-refractivity contribution in [2.75, 3.05) is 107 Å². The number of piperidine rings is 1. The Labute approximate surface area is 534 Å². The van der Waals surface area contributed by atoms with Gasteiger partial charge in [0.15, 0.2) is 5.78 Å². The maximum atomic E-state index is 14.7. The number of alkyl carbamates (subject to hydrolysis) is 1. The highest BCUT2D eigenvalue weighted by Gasteiger charge is 2.53. The third-order valence-corrected chi connectivity index (χ3v) is 17.6. The predicted octanol–water partition coefficient (Wildman–Crippen LogP) is 6.52. The Balaban J connectivity index is 1.41. The second kappa shape index (κ2) is 41.7. The number of fused-ring (bicyclic) bond motifs is 3. The summed E-state index contributed by atoms with van der Waals surface area (Å²) < 4.78 is 63.1. The van der Waals surface area contributed by atoms with Gasteiger partial charge in [0.1, 0.15) is 36.2 Å². The highest BCUT2D eigenvalue weighted by molar-refractivity contribution is 6.39. The van der Waals surface area contributed by atoms with Crippen molar-refractivity contribution < 1.29 is 95.9 Å². The maximum Gasteiger partial charge on any atom is 0.407 e. The minimum atomic E-state index is -2.47. The summed E-state index contributed by atoms with van der Waals surface area (Å²) in [5.74, 6) is -8.66. The second-order valence-corrected chi connectivity index (χ2v) is 24.6. The first-order valence-corrected chi connectivity index (χ1v) is 32.7. The fraction of sp³-hybridized carbons (Fsp3) is 0.776. The number of nitrogens with one attached hydrogen (secondary N) is 2. The number of nitrogens with zero attached hydrogens (tertiary/aromatic N) is 1. The van der Waals surface area contributed by atoms with E-state index in [4.69, 9.17) is 52.1 Å². The Kier molecular flexibility index (Phi) is 36.0. The molecule has 0 spiro atoms. The van der Waals surface area contributed by atoms with Gasteiger partial charge in [-0.2, -0.15) is 0 Å². The number of allylic oxidation sites excluding steroid dienone is 6. The smallest absolute Gasteiger partial charge is 0.407 e. The van der Waals surface area contributed by atoms with Crippen molar-refractivity contribution in [1.29, 1.82) is 0 Å². The number of amides is 3. The zero-order chi connectivity index (χ0) is 66.2. The largest absolute Gasteiger partial charge is 0.460 e. The SMILES string of the molecule is CCOCCNC(=O)CCOCCOCCOCCOCCNC(=O)O[C@@H]1CC[C@@H](C[C@@H](C)[C@@H]2CC(=O)[C@H](C)/C=C(\C)[C@@H](O)[C@@H](OC)C(=O)[C@H](C)C[C@H](C)/C=C/C=C/C=C(\C)[C@@H](OC)C[C@@H]3CC[C@@H](C)[C@@](O)(O3)C(=O)C(=O)N3CCCC[C@H]3C(=O)O2)C[C@H]1OC. The van der Waals surface area contributed by atoms with Gasteiger partial charge < -0.3 is 77.9 Å². The molecule has 3 fully saturated rings. The lowest BCUT2D eigenvalue weighted by molar-refractivity contribution is -0.265. The Bertz CT molecular complexity index is 2350. The molecule has 0 aromatic heterocycles. The molecule has 3 amide bonds. The zero-order valence-corrected chi connectivity index (χ0v) is 55.6. The number of rotatable bonds is 26. The monoisotopic (exact) mass is 1280 g/mol. The molecule has 2 bridgehead atoms. The van der Waals surface area contributed by atoms with Gasteiger partial charge in [-0.25, -0.2) is 9.59 Å². The molecule has 512 valence electrons. The van der Waals surface area contributed by atoms with Gasteiger partial charge in [-0.15, -0.1) is 0 Å². The predicted molar refractivity (Wildman–Crippen MR) is 335 cm³/mol. The summed E-state index contributed by atoms with van der Waals surface area (Å²) in [6, 6.07) is -1.20. The third-order valence-electron chi connectivity index (χ3n) is 17.6. The van der Waals surface area contributed by atoms with Gasteiger partial charge in [0.2, 0.25) is 11.7 Å². The lowest BCUT2D eigenvalue weighted by atomic mass is 9.78. The van der Waals surface area contributed by atoms with Crippen LogP contribution in [0.3, 0.4) is 0 Å². The van der Waals surface area contributed by atoms with Crippen molar-refractivity contribution in [2.45, 2.75) is 193 Å². The summed E-state index contributed by atoms with van der Waals surface area (Å²) in [7, 11) is 4.49. The molecule has 3 aliphatic heterocycles. The molecule has 4 rings (SSSR count). The molecule has 1 aliphatic carbocycles. The average molecular weight is 1280 g/mol. The fourth-order valence-corrected chi connectivity index (χ4v) is 12.1. The highest BCUT2D eigenvalue weighted by atomic mass is 16.6. The molecule has 4 N–H and O–H groups in total. The summed E-state index contributed by atoms with van der Waals surface area (Å²) in [5, 5.41) is 29.2. The van der Waals surface area contributed by atoms with E-state index in [1.54, 1.807) is 48.0 Å². The fourth-order valence-electron chi connectivity index (χ4n) is 12.1. The van der Waals surface area contributed by atoms with Crippen LogP contribution in [0.4, 0.5) is 4.79 Å². The normalized spacial score (nSPS) is 32.3. The summed E-state index contributed by atoms with van der Waals surface area (Å²) >= 11 is 0. The third kappa shape index (κ3) is 26.0. The van der Waals surface area contributed by atoms with E-state index in [0.717, 1.165) is 5.57 Å². The van der Waals surface area contributed by atoms with E-state index in [1.165, 1.54) is 12.0 Å². The number of carbonyl (C=O) groups is 7. The summed E-state index contributed by atoms with van der Waals surface area (Å²) in [6.07, 6.45) is 9.77. The molecule has 2 saturated heterocycles. The van der Waals surface area contributed by atoms with Crippen LogP contribution in [0.1, 0.15) is 139 Å². The van der Waals surface area contributed by atoms with Gasteiger partial charge in [0.25, 0.3) is 11.7 Å². The van der Waals surface area contributed by atoms with Crippen LogP contribution in [0.25, 0.3) is 0 Å². The molecule has 23 heteroatoms. The molecule has 4 aliphatic rings. The van der Waals surface area contributed by atoms with E-state index in [0.29, 0.717) is 129 Å². The Hall–Kier alpha value is -4.79. The molecule has 0 aromatic rings. The minimum Gasteiger partial charge on any atom is -0.460 e. The zero-order valence-electron chi connectivity index (χ0n) is 55.6. The Morgan fingerprint density at radius 2 is 1.41 bits per heavy atom. The number of Topliss-reactive ketones (excluding diaryl/α,β-unsaturated/α-hetero) is 3. The van der Waals surface area contributed by atoms with E-state index >= 15 is 0 Å². The minimum absolute atomic E-state index is 0.0107. The van der Waals surface area contributed by atoms with Crippen molar-refractivity contribution in [3.8, 4) is 0 Å². The summed E-state index contributed by atoms with van der Waals surface area (Å²) in [6.45, 7) is 18.9. The molecule has 3 heterocycles. The first-order chi connectivity index (χ1) is 43.1. The van der Waals surface area contributed by atoms with Crippen molar-refractivity contribution in [1.82, 2.24) is 15.5 Å². The molecule has 0 radical (unpaired) electrons. The van der Waals surface area contributed by atoms with E-state index < -0.39 is 102 Å². The van der Waals surface area contributed by atoms with Gasteiger partial charge in [-0.1, -0.05) is 71.1 Å². The number of esters is 1. The van der Waals surface area contributed by atoms with Crippen molar-refractivity contribution in [3.63, 3.8) is 0 Å². The number of aliphatic hydroxyl groups is 2. The lowest BCUT2D eigenvalue weighted by Gasteiger charge is -2.42.